The molecule has 1 saturated heterocycles. The van der Waals surface area contributed by atoms with Crippen molar-refractivity contribution in [2.45, 2.75) is 26.0 Å². The number of hydrogen-bond donors (Lipinski definition) is 1. The molecule has 15 heavy (non-hydrogen) atoms. The zero-order chi connectivity index (χ0) is 11.3. The maximum absolute atomic E-state index is 10.7. The van der Waals surface area contributed by atoms with Gasteiger partial charge in [-0.05, 0) is 12.8 Å². The first-order chi connectivity index (χ1) is 7.08. The van der Waals surface area contributed by atoms with E-state index in [4.69, 9.17) is 9.47 Å². The van der Waals surface area contributed by atoms with Crippen molar-refractivity contribution in [2.24, 2.45) is 0 Å². The summed E-state index contributed by atoms with van der Waals surface area (Å²) in [4.78, 5) is 21.2. The van der Waals surface area contributed by atoms with Crippen molar-refractivity contribution in [1.82, 2.24) is 5.32 Å². The van der Waals surface area contributed by atoms with Crippen molar-refractivity contribution in [1.29, 1.82) is 0 Å². The Kier molecular flexibility index (Phi) is 4.55. The normalized spacial score (nSPS) is 25.7. The molecule has 0 aromatic carbocycles. The summed E-state index contributed by atoms with van der Waals surface area (Å²) >= 11 is 0. The van der Waals surface area contributed by atoms with E-state index in [1.807, 2.05) is 0 Å². The fraction of sp³-hybridized carbons (Fsp3) is 0.500. The van der Waals surface area contributed by atoms with Crippen LogP contribution in [0, 0.1) is 19.4 Å². The molecule has 0 aliphatic carbocycles. The van der Waals surface area contributed by atoms with Crippen LogP contribution in [0.5, 0.6) is 0 Å². The second kappa shape index (κ2) is 5.70. The summed E-state index contributed by atoms with van der Waals surface area (Å²) < 4.78 is 10.0. The zero-order valence-corrected chi connectivity index (χ0v) is 8.73. The average molecular weight is 212 g/mol. The molecule has 5 heteroatoms. The summed E-state index contributed by atoms with van der Waals surface area (Å²) in [6.45, 7) is 4.48. The zero-order valence-electron chi connectivity index (χ0n) is 8.73. The topological polar surface area (TPSA) is 64.6 Å². The highest BCUT2D eigenvalue weighted by Gasteiger charge is 2.23. The van der Waals surface area contributed by atoms with E-state index in [1.54, 1.807) is 12.8 Å². The monoisotopic (exact) mass is 212 g/mol. The molecule has 0 aromatic heterocycles. The minimum Gasteiger partial charge on any atom is -0.463 e. The highest BCUT2D eigenvalue weighted by atomic mass is 16.6. The molecule has 1 fully saturated rings. The number of amides is 1. The van der Waals surface area contributed by atoms with Crippen molar-refractivity contribution in [3.63, 3.8) is 0 Å². The lowest BCUT2D eigenvalue weighted by molar-refractivity contribution is -0.144. The molecule has 3 radical (unpaired) electrons. The lowest BCUT2D eigenvalue weighted by atomic mass is 10.1. The van der Waals surface area contributed by atoms with E-state index >= 15 is 0 Å². The number of nitrogens with one attached hydrogen (secondary N) is 1. The maximum atomic E-state index is 10.7. The summed E-state index contributed by atoms with van der Waals surface area (Å²) in [6.07, 6.45) is 3.28. The molecule has 1 aliphatic rings. The minimum absolute atomic E-state index is 0.122. The van der Waals surface area contributed by atoms with Gasteiger partial charge in [0.1, 0.15) is 13.2 Å². The van der Waals surface area contributed by atoms with Gasteiger partial charge in [0.2, 0.25) is 5.91 Å². The first-order valence-corrected chi connectivity index (χ1v) is 4.65. The predicted octanol–water partition coefficient (Wildman–Crippen LogP) is 0.0234. The van der Waals surface area contributed by atoms with Gasteiger partial charge < -0.3 is 14.8 Å². The number of ether oxygens (including phenoxy) is 2. The van der Waals surface area contributed by atoms with Crippen LogP contribution in [0.25, 0.3) is 0 Å². The Bertz CT molecular complexity index is 234. The van der Waals surface area contributed by atoms with Crippen LogP contribution in [-0.2, 0) is 19.1 Å². The van der Waals surface area contributed by atoms with Gasteiger partial charge in [0.25, 0.3) is 0 Å². The van der Waals surface area contributed by atoms with Gasteiger partial charge in [0.15, 0.2) is 0 Å². The van der Waals surface area contributed by atoms with Crippen LogP contribution in [0.3, 0.4) is 0 Å². The van der Waals surface area contributed by atoms with E-state index in [-0.39, 0.29) is 30.6 Å². The predicted molar refractivity (Wildman–Crippen MR) is 52.0 cm³/mol. The number of carbonyl (C=O) groups is 2. The SMILES string of the molecule is CC(=O)N[C@@H]1[CH][CH][C@H](COC(C)=O)O[CH]1. The van der Waals surface area contributed by atoms with Gasteiger partial charge in [-0.1, -0.05) is 0 Å². The van der Waals surface area contributed by atoms with Crippen LogP contribution in [0.1, 0.15) is 13.8 Å². The van der Waals surface area contributed by atoms with E-state index in [2.05, 4.69) is 5.32 Å². The summed E-state index contributed by atoms with van der Waals surface area (Å²) in [6, 6.07) is -0.212. The van der Waals surface area contributed by atoms with Crippen LogP contribution in [-0.4, -0.2) is 30.6 Å². The number of esters is 1. The Hall–Kier alpha value is -1.10. The molecule has 1 heterocycles. The molecule has 5 nitrogen and oxygen atoms in total. The van der Waals surface area contributed by atoms with E-state index in [0.717, 1.165) is 0 Å². The lowest BCUT2D eigenvalue weighted by Crippen LogP contribution is -2.41. The van der Waals surface area contributed by atoms with Gasteiger partial charge in [-0.2, -0.15) is 0 Å². The van der Waals surface area contributed by atoms with Gasteiger partial charge in [-0.3, -0.25) is 9.59 Å². The fourth-order valence-corrected chi connectivity index (χ4v) is 1.13. The minimum atomic E-state index is -0.337. The summed E-state index contributed by atoms with van der Waals surface area (Å²) in [7, 11) is 0. The molecule has 0 unspecified atom stereocenters. The highest BCUT2D eigenvalue weighted by Crippen LogP contribution is 2.15. The third-order valence-electron chi connectivity index (χ3n) is 1.75. The van der Waals surface area contributed by atoms with Crippen molar-refractivity contribution in [3.05, 3.63) is 19.4 Å². The number of rotatable bonds is 3. The van der Waals surface area contributed by atoms with E-state index in [0.29, 0.717) is 0 Å². The van der Waals surface area contributed by atoms with Gasteiger partial charge in [-0.25, -0.2) is 0 Å². The van der Waals surface area contributed by atoms with Crippen LogP contribution in [0.15, 0.2) is 0 Å². The van der Waals surface area contributed by atoms with Gasteiger partial charge in [0.05, 0.1) is 12.1 Å². The van der Waals surface area contributed by atoms with Gasteiger partial charge in [0, 0.05) is 13.8 Å². The Morgan fingerprint density at radius 3 is 2.60 bits per heavy atom. The van der Waals surface area contributed by atoms with E-state index in [9.17, 15) is 9.59 Å². The number of carbonyl (C=O) groups excluding carboxylic acids is 2. The molecule has 1 rings (SSSR count). The van der Waals surface area contributed by atoms with E-state index in [1.165, 1.54) is 20.5 Å². The van der Waals surface area contributed by atoms with Crippen LogP contribution in [0.4, 0.5) is 0 Å². The van der Waals surface area contributed by atoms with Crippen LogP contribution < -0.4 is 5.32 Å². The van der Waals surface area contributed by atoms with Crippen LogP contribution in [0.2, 0.25) is 0 Å². The van der Waals surface area contributed by atoms with Crippen LogP contribution >= 0.6 is 0 Å². The molecule has 2 atom stereocenters. The Morgan fingerprint density at radius 2 is 2.13 bits per heavy atom. The molecule has 83 valence electrons. The molecule has 1 amide bonds. The number of hydrogen-bond acceptors (Lipinski definition) is 4. The maximum Gasteiger partial charge on any atom is 0.302 e. The van der Waals surface area contributed by atoms with Crippen molar-refractivity contribution >= 4 is 11.9 Å². The molecule has 1 N–H and O–H groups in total. The molecular formula is C10H14NO4. The third kappa shape index (κ3) is 4.78. The first-order valence-electron chi connectivity index (χ1n) is 4.65. The summed E-state index contributed by atoms with van der Waals surface area (Å²) in [5.74, 6) is -0.459. The van der Waals surface area contributed by atoms with Crippen molar-refractivity contribution in [2.75, 3.05) is 6.61 Å². The molecule has 0 saturated carbocycles. The largest absolute Gasteiger partial charge is 0.463 e. The average Bonchev–Trinajstić information content (AvgIpc) is 2.16. The Morgan fingerprint density at radius 1 is 1.40 bits per heavy atom. The summed E-state index contributed by atoms with van der Waals surface area (Å²) in [5, 5.41) is 2.65. The lowest BCUT2D eigenvalue weighted by Gasteiger charge is -2.27. The Labute approximate surface area is 89.1 Å². The second-order valence-electron chi connectivity index (χ2n) is 3.22. The quantitative estimate of drug-likeness (QED) is 0.670. The second-order valence-corrected chi connectivity index (χ2v) is 3.22. The molecular weight excluding hydrogens is 198 g/mol. The molecule has 0 bridgehead atoms. The highest BCUT2D eigenvalue weighted by molar-refractivity contribution is 5.73. The molecule has 0 spiro atoms. The first kappa shape index (κ1) is 12.0. The van der Waals surface area contributed by atoms with E-state index < -0.39 is 0 Å². The standard InChI is InChI=1S/C10H14NO4/c1-7(12)11-9-3-4-10(15-5-9)6-14-8(2)13/h3-5,9-10H,6H2,1-2H3,(H,11,12)/t9-,10-/m1/s1. The van der Waals surface area contributed by atoms with Gasteiger partial charge >= 0.3 is 5.97 Å². The summed E-state index contributed by atoms with van der Waals surface area (Å²) in [5.41, 5.74) is 0. The Balaban J connectivity index is 2.18. The molecule has 0 aromatic rings. The smallest absolute Gasteiger partial charge is 0.302 e. The molecule has 1 aliphatic heterocycles. The fourth-order valence-electron chi connectivity index (χ4n) is 1.13. The van der Waals surface area contributed by atoms with Gasteiger partial charge in [-0.15, -0.1) is 0 Å². The third-order valence-corrected chi connectivity index (χ3v) is 1.75. The van der Waals surface area contributed by atoms with Crippen molar-refractivity contribution in [3.8, 4) is 0 Å². The van der Waals surface area contributed by atoms with Crippen molar-refractivity contribution < 1.29 is 19.1 Å².